The molecule has 1 unspecified atom stereocenters. The Labute approximate surface area is 129 Å². The first-order valence-electron chi connectivity index (χ1n) is 6.87. The summed E-state index contributed by atoms with van der Waals surface area (Å²) in [5, 5.41) is 3.83. The maximum absolute atomic E-state index is 12.0. The van der Waals surface area contributed by atoms with E-state index < -0.39 is 0 Å². The van der Waals surface area contributed by atoms with Crippen LogP contribution < -0.4 is 11.1 Å². The van der Waals surface area contributed by atoms with E-state index in [0.29, 0.717) is 18.2 Å². The summed E-state index contributed by atoms with van der Waals surface area (Å²) in [5.74, 6) is 1.86. The number of rotatable bonds is 7. The molecule has 0 aromatic heterocycles. The first-order valence-corrected chi connectivity index (χ1v) is 8.40. The maximum Gasteiger partial charge on any atom is 0.230 e. The minimum atomic E-state index is -0.228. The fourth-order valence-electron chi connectivity index (χ4n) is 2.28. The summed E-state index contributed by atoms with van der Waals surface area (Å²) >= 11 is 7.53. The van der Waals surface area contributed by atoms with Crippen molar-refractivity contribution in [3.05, 3.63) is 34.9 Å². The van der Waals surface area contributed by atoms with Crippen LogP contribution in [0.15, 0.2) is 24.3 Å². The van der Waals surface area contributed by atoms with E-state index >= 15 is 0 Å². The smallest absolute Gasteiger partial charge is 0.230 e. The Hall–Kier alpha value is -0.710. The Kier molecular flexibility index (Phi) is 5.35. The number of nitrogens with two attached hydrogens (primary N) is 1. The lowest BCUT2D eigenvalue weighted by atomic mass is 9.96. The van der Waals surface area contributed by atoms with Crippen molar-refractivity contribution in [1.29, 1.82) is 0 Å². The highest BCUT2D eigenvalue weighted by molar-refractivity contribution is 7.99. The van der Waals surface area contributed by atoms with Crippen LogP contribution in [0.5, 0.6) is 0 Å². The lowest BCUT2D eigenvalue weighted by Gasteiger charge is -2.29. The molecule has 1 aromatic rings. The molecule has 1 aromatic carbocycles. The van der Waals surface area contributed by atoms with Crippen molar-refractivity contribution in [2.45, 2.75) is 31.1 Å². The normalized spacial score (nSPS) is 17.6. The van der Waals surface area contributed by atoms with Gasteiger partial charge in [0.25, 0.3) is 0 Å². The number of hydrogen-bond acceptors (Lipinski definition) is 3. The van der Waals surface area contributed by atoms with Crippen LogP contribution in [-0.2, 0) is 10.5 Å². The molecule has 3 N–H and O–H groups in total. The predicted octanol–water partition coefficient (Wildman–Crippen LogP) is 2.82. The van der Waals surface area contributed by atoms with Gasteiger partial charge >= 0.3 is 0 Å². The minimum Gasteiger partial charge on any atom is -0.349 e. The molecule has 0 bridgehead atoms. The number of hydrogen-bond donors (Lipinski definition) is 2. The quantitative estimate of drug-likeness (QED) is 0.814. The van der Waals surface area contributed by atoms with Crippen LogP contribution in [0.2, 0.25) is 5.02 Å². The molecule has 1 atom stereocenters. The van der Waals surface area contributed by atoms with E-state index in [0.717, 1.165) is 16.3 Å². The Morgan fingerprint density at radius 2 is 2.30 bits per heavy atom. The van der Waals surface area contributed by atoms with E-state index in [-0.39, 0.29) is 11.4 Å². The van der Waals surface area contributed by atoms with Crippen LogP contribution in [0.4, 0.5) is 0 Å². The molecule has 0 spiro atoms. The second-order valence-corrected chi connectivity index (χ2v) is 6.99. The lowest BCUT2D eigenvalue weighted by molar-refractivity contribution is -0.120. The third kappa shape index (κ3) is 4.40. The van der Waals surface area contributed by atoms with Gasteiger partial charge in [-0.25, -0.2) is 0 Å². The van der Waals surface area contributed by atoms with E-state index in [4.69, 9.17) is 17.3 Å². The molecule has 2 rings (SSSR count). The molecule has 0 heterocycles. The number of thioether (sulfide) groups is 1. The highest BCUT2D eigenvalue weighted by Gasteiger charge is 2.41. The molecule has 110 valence electrons. The maximum atomic E-state index is 12.0. The number of amides is 1. The fraction of sp³-hybridized carbons (Fsp3) is 0.533. The van der Waals surface area contributed by atoms with Gasteiger partial charge in [-0.15, -0.1) is 11.8 Å². The monoisotopic (exact) mass is 312 g/mol. The summed E-state index contributed by atoms with van der Waals surface area (Å²) in [6.07, 6.45) is 2.34. The van der Waals surface area contributed by atoms with Crippen LogP contribution >= 0.6 is 23.4 Å². The van der Waals surface area contributed by atoms with Crippen molar-refractivity contribution in [3.63, 3.8) is 0 Å². The van der Waals surface area contributed by atoms with Gasteiger partial charge in [0.15, 0.2) is 0 Å². The number of benzene rings is 1. The Morgan fingerprint density at radius 1 is 1.55 bits per heavy atom. The SMILES string of the molecule is CC(CN)(NC(=O)CSCc1cccc(Cl)c1)C1CC1. The Bertz CT molecular complexity index is 479. The predicted molar refractivity (Wildman–Crippen MR) is 85.9 cm³/mol. The summed E-state index contributed by atoms with van der Waals surface area (Å²) in [4.78, 5) is 12.0. The fourth-order valence-corrected chi connectivity index (χ4v) is 3.27. The van der Waals surface area contributed by atoms with Gasteiger partial charge in [-0.2, -0.15) is 0 Å². The third-order valence-electron chi connectivity index (χ3n) is 3.72. The van der Waals surface area contributed by atoms with Crippen molar-refractivity contribution >= 4 is 29.3 Å². The first-order chi connectivity index (χ1) is 9.53. The standard InChI is InChI=1S/C15H21ClN2OS/c1-15(10-17,12-5-6-12)18-14(19)9-20-8-11-3-2-4-13(16)7-11/h2-4,7,12H,5-6,8-10,17H2,1H3,(H,18,19). The van der Waals surface area contributed by atoms with Crippen molar-refractivity contribution < 1.29 is 4.79 Å². The average Bonchev–Trinajstić information content (AvgIpc) is 3.23. The molecular formula is C15H21ClN2OS. The second kappa shape index (κ2) is 6.83. The molecule has 0 saturated heterocycles. The molecule has 0 radical (unpaired) electrons. The van der Waals surface area contributed by atoms with Gasteiger partial charge < -0.3 is 11.1 Å². The van der Waals surface area contributed by atoms with Gasteiger partial charge in [-0.1, -0.05) is 23.7 Å². The van der Waals surface area contributed by atoms with Gasteiger partial charge in [0.05, 0.1) is 11.3 Å². The second-order valence-electron chi connectivity index (χ2n) is 5.57. The van der Waals surface area contributed by atoms with E-state index in [2.05, 4.69) is 5.32 Å². The molecule has 1 fully saturated rings. The lowest BCUT2D eigenvalue weighted by Crippen LogP contribution is -2.53. The number of nitrogens with one attached hydrogen (secondary N) is 1. The van der Waals surface area contributed by atoms with Gasteiger partial charge in [-0.05, 0) is 43.4 Å². The van der Waals surface area contributed by atoms with Crippen LogP contribution in [0, 0.1) is 5.92 Å². The highest BCUT2D eigenvalue weighted by Crippen LogP contribution is 2.38. The van der Waals surface area contributed by atoms with Crippen LogP contribution in [0.25, 0.3) is 0 Å². The molecule has 1 aliphatic carbocycles. The largest absolute Gasteiger partial charge is 0.349 e. The molecule has 1 aliphatic rings. The summed E-state index contributed by atoms with van der Waals surface area (Å²) < 4.78 is 0. The topological polar surface area (TPSA) is 55.1 Å². The summed E-state index contributed by atoms with van der Waals surface area (Å²) in [6.45, 7) is 2.55. The van der Waals surface area contributed by atoms with Crippen molar-refractivity contribution in [2.24, 2.45) is 11.7 Å². The summed E-state index contributed by atoms with van der Waals surface area (Å²) in [7, 11) is 0. The average molecular weight is 313 g/mol. The number of carbonyl (C=O) groups excluding carboxylic acids is 1. The molecule has 20 heavy (non-hydrogen) atoms. The molecule has 5 heteroatoms. The molecule has 0 aliphatic heterocycles. The molecule has 3 nitrogen and oxygen atoms in total. The van der Waals surface area contributed by atoms with Gasteiger partial charge in [-0.3, -0.25) is 4.79 Å². The van der Waals surface area contributed by atoms with Crippen molar-refractivity contribution in [2.75, 3.05) is 12.3 Å². The van der Waals surface area contributed by atoms with Crippen LogP contribution in [-0.4, -0.2) is 23.7 Å². The van der Waals surface area contributed by atoms with Crippen molar-refractivity contribution in [1.82, 2.24) is 5.32 Å². The van der Waals surface area contributed by atoms with Gasteiger partial charge in [0.1, 0.15) is 0 Å². The summed E-state index contributed by atoms with van der Waals surface area (Å²) in [6, 6.07) is 7.73. The van der Waals surface area contributed by atoms with Gasteiger partial charge in [0.2, 0.25) is 5.91 Å². The third-order valence-corrected chi connectivity index (χ3v) is 4.96. The molecular weight excluding hydrogens is 292 g/mol. The molecule has 1 saturated carbocycles. The zero-order valence-corrected chi connectivity index (χ0v) is 13.3. The Morgan fingerprint density at radius 3 is 2.90 bits per heavy atom. The zero-order valence-electron chi connectivity index (χ0n) is 11.7. The van der Waals surface area contributed by atoms with E-state index in [1.807, 2.05) is 31.2 Å². The van der Waals surface area contributed by atoms with Crippen LogP contribution in [0.3, 0.4) is 0 Å². The van der Waals surface area contributed by atoms with E-state index in [9.17, 15) is 4.79 Å². The van der Waals surface area contributed by atoms with Gasteiger partial charge in [0, 0.05) is 17.3 Å². The highest BCUT2D eigenvalue weighted by atomic mass is 35.5. The zero-order chi connectivity index (χ0) is 14.6. The van der Waals surface area contributed by atoms with E-state index in [1.165, 1.54) is 12.8 Å². The van der Waals surface area contributed by atoms with E-state index in [1.54, 1.807) is 11.8 Å². The Balaban J connectivity index is 1.75. The van der Waals surface area contributed by atoms with Crippen molar-refractivity contribution in [3.8, 4) is 0 Å². The number of halogens is 1. The number of carbonyl (C=O) groups is 1. The minimum absolute atomic E-state index is 0.0666. The molecule has 1 amide bonds. The van der Waals surface area contributed by atoms with Crippen LogP contribution in [0.1, 0.15) is 25.3 Å². The first kappa shape index (κ1) is 15.7. The summed E-state index contributed by atoms with van der Waals surface area (Å²) in [5.41, 5.74) is 6.71.